The Labute approximate surface area is 171 Å². The zero-order chi connectivity index (χ0) is 19.8. The maximum Gasteiger partial charge on any atom is 0.225 e. The Morgan fingerprint density at radius 2 is 2.07 bits per heavy atom. The molecule has 7 heteroatoms. The van der Waals surface area contributed by atoms with Crippen LogP contribution in [0.15, 0.2) is 34.2 Å². The van der Waals surface area contributed by atoms with Gasteiger partial charge in [-0.3, -0.25) is 9.79 Å². The molecule has 3 rings (SSSR count). The summed E-state index contributed by atoms with van der Waals surface area (Å²) in [6.07, 6.45) is 5.43. The van der Waals surface area contributed by atoms with E-state index in [1.807, 2.05) is 17.9 Å². The normalized spacial score (nSPS) is 20.6. The molecule has 0 aromatic heterocycles. The Balaban J connectivity index is 1.45. The van der Waals surface area contributed by atoms with Crippen molar-refractivity contribution in [3.05, 3.63) is 30.1 Å². The quantitative estimate of drug-likeness (QED) is 0.316. The third-order valence-electron chi connectivity index (χ3n) is 5.34. The van der Waals surface area contributed by atoms with Gasteiger partial charge in [-0.1, -0.05) is 25.0 Å². The Morgan fingerprint density at radius 3 is 2.82 bits per heavy atom. The Morgan fingerprint density at radius 1 is 1.29 bits per heavy atom. The zero-order valence-electron chi connectivity index (χ0n) is 16.6. The lowest BCUT2D eigenvalue weighted by Crippen LogP contribution is -2.45. The predicted molar refractivity (Wildman–Crippen MR) is 113 cm³/mol. The van der Waals surface area contributed by atoms with Crippen molar-refractivity contribution in [2.75, 3.05) is 31.9 Å². The van der Waals surface area contributed by atoms with Gasteiger partial charge in [0, 0.05) is 42.2 Å². The molecule has 1 atom stereocenters. The van der Waals surface area contributed by atoms with Crippen molar-refractivity contribution in [2.24, 2.45) is 10.9 Å². The highest BCUT2D eigenvalue weighted by molar-refractivity contribution is 7.99. The number of nitrogens with one attached hydrogen (secondary N) is 2. The summed E-state index contributed by atoms with van der Waals surface area (Å²) in [5.41, 5.74) is 0. The van der Waals surface area contributed by atoms with Gasteiger partial charge in [-0.2, -0.15) is 0 Å². The SMILES string of the molecule is CCNC(=NCCSc1ccccc1F)NC1CCN(C(=O)C2CCCC2)C1. The van der Waals surface area contributed by atoms with Crippen LogP contribution in [0.2, 0.25) is 0 Å². The van der Waals surface area contributed by atoms with Gasteiger partial charge in [0.15, 0.2) is 5.96 Å². The first-order valence-corrected chi connectivity index (χ1v) is 11.4. The number of aliphatic imine (C=N–C) groups is 1. The summed E-state index contributed by atoms with van der Waals surface area (Å²) in [5.74, 6) is 1.89. The van der Waals surface area contributed by atoms with E-state index in [1.54, 1.807) is 12.1 Å². The molecule has 1 saturated heterocycles. The van der Waals surface area contributed by atoms with Crippen LogP contribution in [0.1, 0.15) is 39.0 Å². The second-order valence-corrected chi connectivity index (χ2v) is 8.57. The predicted octanol–water partition coefficient (Wildman–Crippen LogP) is 3.26. The minimum Gasteiger partial charge on any atom is -0.357 e. The Kier molecular flexibility index (Phi) is 8.01. The molecule has 1 unspecified atom stereocenters. The van der Waals surface area contributed by atoms with E-state index >= 15 is 0 Å². The van der Waals surface area contributed by atoms with Crippen LogP contribution >= 0.6 is 11.8 Å². The summed E-state index contributed by atoms with van der Waals surface area (Å²) in [6, 6.07) is 7.06. The number of amides is 1. The number of rotatable bonds is 7. The maximum atomic E-state index is 13.7. The molecule has 5 nitrogen and oxygen atoms in total. The summed E-state index contributed by atoms with van der Waals surface area (Å²) in [4.78, 5) is 19.9. The summed E-state index contributed by atoms with van der Waals surface area (Å²) in [6.45, 7) is 5.00. The summed E-state index contributed by atoms with van der Waals surface area (Å²) in [5, 5.41) is 6.73. The number of thioether (sulfide) groups is 1. The van der Waals surface area contributed by atoms with E-state index in [0.29, 0.717) is 23.1 Å². The highest BCUT2D eigenvalue weighted by Gasteiger charge is 2.32. The van der Waals surface area contributed by atoms with Gasteiger partial charge in [-0.15, -0.1) is 11.8 Å². The van der Waals surface area contributed by atoms with Gasteiger partial charge < -0.3 is 15.5 Å². The van der Waals surface area contributed by atoms with Crippen LogP contribution < -0.4 is 10.6 Å². The molecule has 1 aromatic rings. The minimum atomic E-state index is -0.181. The number of guanidine groups is 1. The summed E-state index contributed by atoms with van der Waals surface area (Å²) >= 11 is 1.48. The fraction of sp³-hybridized carbons (Fsp3) is 0.619. The van der Waals surface area contributed by atoms with Crippen molar-refractivity contribution in [2.45, 2.75) is 50.0 Å². The first-order valence-electron chi connectivity index (χ1n) is 10.4. The molecule has 0 bridgehead atoms. The van der Waals surface area contributed by atoms with Crippen molar-refractivity contribution < 1.29 is 9.18 Å². The first kappa shape index (κ1) is 21.0. The molecule has 2 fully saturated rings. The Hall–Kier alpha value is -1.76. The van der Waals surface area contributed by atoms with Crippen molar-refractivity contribution in [1.29, 1.82) is 0 Å². The molecule has 1 amide bonds. The molecule has 1 aliphatic heterocycles. The minimum absolute atomic E-state index is 0.181. The molecular formula is C21H31FN4OS. The molecule has 1 saturated carbocycles. The van der Waals surface area contributed by atoms with E-state index in [2.05, 4.69) is 15.6 Å². The van der Waals surface area contributed by atoms with E-state index in [9.17, 15) is 9.18 Å². The van der Waals surface area contributed by atoms with E-state index < -0.39 is 0 Å². The third kappa shape index (κ3) is 5.87. The highest BCUT2D eigenvalue weighted by atomic mass is 32.2. The van der Waals surface area contributed by atoms with Crippen LogP contribution in [0.5, 0.6) is 0 Å². The molecular weight excluding hydrogens is 375 g/mol. The topological polar surface area (TPSA) is 56.7 Å². The van der Waals surface area contributed by atoms with E-state index in [1.165, 1.54) is 30.7 Å². The average Bonchev–Trinajstić information content (AvgIpc) is 3.38. The molecule has 154 valence electrons. The molecule has 2 N–H and O–H groups in total. The molecule has 0 radical (unpaired) electrons. The van der Waals surface area contributed by atoms with Crippen LogP contribution in [0.4, 0.5) is 4.39 Å². The van der Waals surface area contributed by atoms with Crippen LogP contribution in [-0.4, -0.2) is 54.7 Å². The smallest absolute Gasteiger partial charge is 0.225 e. The first-order chi connectivity index (χ1) is 13.7. The van der Waals surface area contributed by atoms with E-state index in [0.717, 1.165) is 44.9 Å². The molecule has 2 aliphatic rings. The van der Waals surface area contributed by atoms with Crippen LogP contribution in [-0.2, 0) is 4.79 Å². The van der Waals surface area contributed by atoms with Gasteiger partial charge in [0.1, 0.15) is 5.82 Å². The maximum absolute atomic E-state index is 13.7. The van der Waals surface area contributed by atoms with Crippen molar-refractivity contribution in [3.63, 3.8) is 0 Å². The average molecular weight is 407 g/mol. The number of likely N-dealkylation sites (tertiary alicyclic amines) is 1. The van der Waals surface area contributed by atoms with Gasteiger partial charge in [0.2, 0.25) is 5.91 Å². The summed E-state index contributed by atoms with van der Waals surface area (Å²) in [7, 11) is 0. The second kappa shape index (κ2) is 10.7. The highest BCUT2D eigenvalue weighted by Crippen LogP contribution is 2.27. The van der Waals surface area contributed by atoms with Crippen LogP contribution in [0, 0.1) is 11.7 Å². The number of nitrogens with zero attached hydrogens (tertiary/aromatic N) is 2. The standard InChI is InChI=1S/C21H31FN4OS/c1-2-23-21(24-12-14-28-19-10-6-5-9-18(19)22)25-17-11-13-26(15-17)20(27)16-7-3-4-8-16/h5-6,9-10,16-17H,2-4,7-8,11-15H2,1H3,(H2,23,24,25). The van der Waals surface area contributed by atoms with Crippen molar-refractivity contribution in [3.8, 4) is 0 Å². The van der Waals surface area contributed by atoms with Gasteiger partial charge in [0.05, 0.1) is 6.54 Å². The number of hydrogen-bond donors (Lipinski definition) is 2. The molecule has 28 heavy (non-hydrogen) atoms. The van der Waals surface area contributed by atoms with Gasteiger partial charge in [-0.25, -0.2) is 4.39 Å². The van der Waals surface area contributed by atoms with Crippen LogP contribution in [0.3, 0.4) is 0 Å². The fourth-order valence-corrected chi connectivity index (χ4v) is 4.68. The third-order valence-corrected chi connectivity index (χ3v) is 6.37. The zero-order valence-corrected chi connectivity index (χ0v) is 17.4. The fourth-order valence-electron chi connectivity index (χ4n) is 3.90. The van der Waals surface area contributed by atoms with Crippen molar-refractivity contribution >= 4 is 23.6 Å². The largest absolute Gasteiger partial charge is 0.357 e. The van der Waals surface area contributed by atoms with Gasteiger partial charge in [0.25, 0.3) is 0 Å². The molecule has 1 heterocycles. The second-order valence-electron chi connectivity index (χ2n) is 7.44. The number of carbonyl (C=O) groups excluding carboxylic acids is 1. The molecule has 0 spiro atoms. The summed E-state index contributed by atoms with van der Waals surface area (Å²) < 4.78 is 13.7. The Bertz CT molecular complexity index is 678. The van der Waals surface area contributed by atoms with Crippen molar-refractivity contribution in [1.82, 2.24) is 15.5 Å². The lowest BCUT2D eigenvalue weighted by atomic mass is 10.1. The van der Waals surface area contributed by atoms with Crippen LogP contribution in [0.25, 0.3) is 0 Å². The van der Waals surface area contributed by atoms with Gasteiger partial charge >= 0.3 is 0 Å². The van der Waals surface area contributed by atoms with E-state index in [-0.39, 0.29) is 17.8 Å². The van der Waals surface area contributed by atoms with Gasteiger partial charge in [-0.05, 0) is 38.3 Å². The lowest BCUT2D eigenvalue weighted by molar-refractivity contribution is -0.134. The number of halogens is 1. The van der Waals surface area contributed by atoms with E-state index in [4.69, 9.17) is 0 Å². The number of benzene rings is 1. The molecule has 1 aliphatic carbocycles. The molecule has 1 aromatic carbocycles. The lowest BCUT2D eigenvalue weighted by Gasteiger charge is -2.21. The number of hydrogen-bond acceptors (Lipinski definition) is 3. The monoisotopic (exact) mass is 406 g/mol. The number of carbonyl (C=O) groups is 1.